The van der Waals surface area contributed by atoms with Crippen molar-refractivity contribution in [2.75, 3.05) is 32.8 Å². The van der Waals surface area contributed by atoms with E-state index in [2.05, 4.69) is 0 Å². The number of likely N-dealkylation sites (tertiary alicyclic amines) is 2. The maximum absolute atomic E-state index is 12.7. The van der Waals surface area contributed by atoms with Crippen LogP contribution >= 0.6 is 11.6 Å². The van der Waals surface area contributed by atoms with Crippen molar-refractivity contribution in [2.24, 2.45) is 11.3 Å². The van der Waals surface area contributed by atoms with E-state index >= 15 is 0 Å². The minimum Gasteiger partial charge on any atom is -0.396 e. The number of aliphatic hydroxyl groups is 1. The molecule has 124 valence electrons. The molecule has 3 rings (SSSR count). The summed E-state index contributed by atoms with van der Waals surface area (Å²) in [5, 5.41) is 10.6. The van der Waals surface area contributed by atoms with Gasteiger partial charge in [-0.3, -0.25) is 9.59 Å². The third kappa shape index (κ3) is 2.95. The van der Waals surface area contributed by atoms with Crippen LogP contribution in [0, 0.1) is 11.3 Å². The number of halogens is 1. The van der Waals surface area contributed by atoms with Gasteiger partial charge in [0.1, 0.15) is 0 Å². The Balaban J connectivity index is 1.78. The van der Waals surface area contributed by atoms with Crippen LogP contribution in [0.2, 0.25) is 5.02 Å². The third-order valence-electron chi connectivity index (χ3n) is 5.20. The van der Waals surface area contributed by atoms with Gasteiger partial charge in [0, 0.05) is 49.1 Å². The van der Waals surface area contributed by atoms with E-state index in [0.29, 0.717) is 36.8 Å². The average Bonchev–Trinajstić information content (AvgIpc) is 2.94. The van der Waals surface area contributed by atoms with Crippen LogP contribution < -0.4 is 0 Å². The van der Waals surface area contributed by atoms with Crippen molar-refractivity contribution >= 4 is 23.4 Å². The average molecular weight is 337 g/mol. The van der Waals surface area contributed by atoms with E-state index in [4.69, 9.17) is 11.6 Å². The highest BCUT2D eigenvalue weighted by molar-refractivity contribution is 6.30. The molecule has 0 spiro atoms. The zero-order valence-corrected chi connectivity index (χ0v) is 13.9. The lowest BCUT2D eigenvalue weighted by Gasteiger charge is -2.43. The maximum Gasteiger partial charge on any atom is 0.253 e. The molecule has 2 atom stereocenters. The second-order valence-corrected chi connectivity index (χ2v) is 7.08. The molecule has 2 saturated heterocycles. The standard InChI is InChI=1S/C17H21ClN2O3/c1-12(22)20-8-14-6-7-19(9-17(14,10-20)11-21)16(23)13-2-4-15(18)5-3-13/h2-5,14,21H,6-11H2,1H3/t14-,17+/m0/s1. The zero-order valence-electron chi connectivity index (χ0n) is 13.2. The molecule has 23 heavy (non-hydrogen) atoms. The molecule has 6 heteroatoms. The van der Waals surface area contributed by atoms with Gasteiger partial charge >= 0.3 is 0 Å². The summed E-state index contributed by atoms with van der Waals surface area (Å²) in [7, 11) is 0. The van der Waals surface area contributed by atoms with E-state index in [1.807, 2.05) is 0 Å². The number of amides is 2. The predicted octanol–water partition coefficient (Wildman–Crippen LogP) is 1.64. The summed E-state index contributed by atoms with van der Waals surface area (Å²) in [6, 6.07) is 6.85. The number of hydrogen-bond acceptors (Lipinski definition) is 3. The second-order valence-electron chi connectivity index (χ2n) is 6.64. The summed E-state index contributed by atoms with van der Waals surface area (Å²) in [5.74, 6) is 0.239. The summed E-state index contributed by atoms with van der Waals surface area (Å²) in [4.78, 5) is 27.9. The molecule has 0 aliphatic carbocycles. The number of piperidine rings is 1. The number of carbonyl (C=O) groups is 2. The van der Waals surface area contributed by atoms with E-state index in [0.717, 1.165) is 6.42 Å². The van der Waals surface area contributed by atoms with E-state index in [1.54, 1.807) is 41.0 Å². The molecule has 0 aromatic heterocycles. The molecular weight excluding hydrogens is 316 g/mol. The number of nitrogens with zero attached hydrogens (tertiary/aromatic N) is 2. The SMILES string of the molecule is CC(=O)N1C[C@@H]2CCN(C(=O)c3ccc(Cl)cc3)C[C@]2(CO)C1. The summed E-state index contributed by atoms with van der Waals surface area (Å²) >= 11 is 5.87. The largest absolute Gasteiger partial charge is 0.396 e. The molecule has 5 nitrogen and oxygen atoms in total. The predicted molar refractivity (Wildman–Crippen MR) is 87.2 cm³/mol. The van der Waals surface area contributed by atoms with Gasteiger partial charge in [0.25, 0.3) is 5.91 Å². The van der Waals surface area contributed by atoms with Gasteiger partial charge in [0.2, 0.25) is 5.91 Å². The first kappa shape index (κ1) is 16.3. The molecule has 0 bridgehead atoms. The summed E-state index contributed by atoms with van der Waals surface area (Å²) in [6.45, 7) is 3.89. The minimum absolute atomic E-state index is 0.00809. The van der Waals surface area contributed by atoms with Gasteiger partial charge in [-0.15, -0.1) is 0 Å². The van der Waals surface area contributed by atoms with Crippen LogP contribution in [-0.4, -0.2) is 59.5 Å². The fraction of sp³-hybridized carbons (Fsp3) is 0.529. The number of fused-ring (bicyclic) bond motifs is 1. The lowest BCUT2D eigenvalue weighted by atomic mass is 9.74. The van der Waals surface area contributed by atoms with Gasteiger partial charge in [-0.2, -0.15) is 0 Å². The van der Waals surface area contributed by atoms with Gasteiger partial charge in [0.05, 0.1) is 6.61 Å². The van der Waals surface area contributed by atoms with Crippen LogP contribution in [-0.2, 0) is 4.79 Å². The van der Waals surface area contributed by atoms with Crippen LogP contribution in [0.1, 0.15) is 23.7 Å². The first-order valence-electron chi connectivity index (χ1n) is 7.86. The molecule has 2 amide bonds. The van der Waals surface area contributed by atoms with Crippen LogP contribution in [0.15, 0.2) is 24.3 Å². The number of aliphatic hydroxyl groups excluding tert-OH is 1. The normalized spacial score (nSPS) is 27.0. The van der Waals surface area contributed by atoms with Gasteiger partial charge in [-0.1, -0.05) is 11.6 Å². The van der Waals surface area contributed by atoms with Gasteiger partial charge < -0.3 is 14.9 Å². The quantitative estimate of drug-likeness (QED) is 0.893. The fourth-order valence-corrected chi connectivity index (χ4v) is 3.92. The van der Waals surface area contributed by atoms with Crippen LogP contribution in [0.5, 0.6) is 0 Å². The van der Waals surface area contributed by atoms with Crippen LogP contribution in [0.4, 0.5) is 0 Å². The Hall–Kier alpha value is -1.59. The van der Waals surface area contributed by atoms with Gasteiger partial charge in [0.15, 0.2) is 0 Å². The number of hydrogen-bond donors (Lipinski definition) is 1. The van der Waals surface area contributed by atoms with Gasteiger partial charge in [-0.05, 0) is 36.6 Å². The second kappa shape index (κ2) is 6.13. The van der Waals surface area contributed by atoms with E-state index in [1.165, 1.54) is 0 Å². The molecule has 2 fully saturated rings. The Bertz CT molecular complexity index is 619. The Morgan fingerprint density at radius 1 is 1.26 bits per heavy atom. The molecule has 0 radical (unpaired) electrons. The molecule has 2 aliphatic heterocycles. The molecule has 1 aromatic rings. The Kier molecular flexibility index (Phi) is 4.34. The fourth-order valence-electron chi connectivity index (χ4n) is 3.80. The van der Waals surface area contributed by atoms with Crippen molar-refractivity contribution in [3.8, 4) is 0 Å². The molecule has 1 N–H and O–H groups in total. The smallest absolute Gasteiger partial charge is 0.253 e. The van der Waals surface area contributed by atoms with Crippen molar-refractivity contribution in [1.29, 1.82) is 0 Å². The topological polar surface area (TPSA) is 60.9 Å². The monoisotopic (exact) mass is 336 g/mol. The van der Waals surface area contributed by atoms with Crippen molar-refractivity contribution in [3.63, 3.8) is 0 Å². The Morgan fingerprint density at radius 3 is 2.52 bits per heavy atom. The molecule has 0 unspecified atom stereocenters. The molecule has 2 aliphatic rings. The van der Waals surface area contributed by atoms with E-state index in [-0.39, 0.29) is 24.3 Å². The highest BCUT2D eigenvalue weighted by Crippen LogP contribution is 2.42. The number of rotatable bonds is 2. The van der Waals surface area contributed by atoms with Crippen molar-refractivity contribution in [2.45, 2.75) is 13.3 Å². The number of benzene rings is 1. The van der Waals surface area contributed by atoms with Crippen molar-refractivity contribution < 1.29 is 14.7 Å². The molecule has 2 heterocycles. The third-order valence-corrected chi connectivity index (χ3v) is 5.46. The lowest BCUT2D eigenvalue weighted by Crippen LogP contribution is -2.52. The Labute approximate surface area is 140 Å². The van der Waals surface area contributed by atoms with Crippen LogP contribution in [0.3, 0.4) is 0 Å². The summed E-state index contributed by atoms with van der Waals surface area (Å²) < 4.78 is 0. The van der Waals surface area contributed by atoms with Crippen molar-refractivity contribution in [3.05, 3.63) is 34.9 Å². The summed E-state index contributed by atoms with van der Waals surface area (Å²) in [5.41, 5.74) is 0.203. The lowest BCUT2D eigenvalue weighted by molar-refractivity contribution is -0.128. The first-order valence-corrected chi connectivity index (χ1v) is 8.24. The number of carbonyl (C=O) groups excluding carboxylic acids is 2. The van der Waals surface area contributed by atoms with E-state index in [9.17, 15) is 14.7 Å². The molecule has 0 saturated carbocycles. The zero-order chi connectivity index (χ0) is 16.6. The first-order chi connectivity index (χ1) is 10.9. The summed E-state index contributed by atoms with van der Waals surface area (Å²) in [6.07, 6.45) is 0.809. The van der Waals surface area contributed by atoms with Crippen molar-refractivity contribution in [1.82, 2.24) is 9.80 Å². The Morgan fingerprint density at radius 2 is 1.91 bits per heavy atom. The van der Waals surface area contributed by atoms with E-state index < -0.39 is 5.41 Å². The highest BCUT2D eigenvalue weighted by Gasteiger charge is 2.50. The minimum atomic E-state index is -0.397. The molecule has 1 aromatic carbocycles. The van der Waals surface area contributed by atoms with Crippen LogP contribution in [0.25, 0.3) is 0 Å². The molecular formula is C17H21ClN2O3. The highest BCUT2D eigenvalue weighted by atomic mass is 35.5. The maximum atomic E-state index is 12.7. The van der Waals surface area contributed by atoms with Gasteiger partial charge in [-0.25, -0.2) is 0 Å².